The van der Waals surface area contributed by atoms with E-state index in [1.807, 2.05) is 0 Å². The molecule has 0 fully saturated rings. The quantitative estimate of drug-likeness (QED) is 0.216. The third-order valence-electron chi connectivity index (χ3n) is 8.32. The number of carbonyl (C=O) groups excluding carboxylic acids is 3. The summed E-state index contributed by atoms with van der Waals surface area (Å²) in [5.74, 6) is -2.90. The molecule has 1 aromatic heterocycles. The Hall–Kier alpha value is -4.40. The maximum absolute atomic E-state index is 14.1. The van der Waals surface area contributed by atoms with Crippen molar-refractivity contribution in [3.8, 4) is 17.2 Å². The Kier molecular flexibility index (Phi) is 5.30. The van der Waals surface area contributed by atoms with Crippen molar-refractivity contribution in [3.63, 3.8) is 0 Å². The molecule has 200 valence electrons. The van der Waals surface area contributed by atoms with Gasteiger partial charge in [-0.05, 0) is 70.7 Å². The average molecular weight is 531 g/mol. The number of hydrogen-bond donors (Lipinski definition) is 4. The topological polar surface area (TPSA) is 129 Å². The third kappa shape index (κ3) is 3.32. The van der Waals surface area contributed by atoms with Crippen molar-refractivity contribution < 1.29 is 33.7 Å². The Balaban J connectivity index is 1.45. The molecular weight excluding hydrogens is 503 g/mol. The SMILES string of the molecule is CC(=O)c1c(O)c(C)c(O)c2c1OC1=CC(=O)/C(=C(/C)N[C@H]3CCCc4c3[nH]c3ccc(F)cc43)C(=O)[C@@]12C. The van der Waals surface area contributed by atoms with E-state index >= 15 is 0 Å². The summed E-state index contributed by atoms with van der Waals surface area (Å²) >= 11 is 0. The van der Waals surface area contributed by atoms with Crippen LogP contribution in [-0.4, -0.2) is 32.5 Å². The van der Waals surface area contributed by atoms with E-state index in [9.17, 15) is 29.0 Å². The van der Waals surface area contributed by atoms with Crippen molar-refractivity contribution in [1.82, 2.24) is 10.3 Å². The van der Waals surface area contributed by atoms with Crippen molar-refractivity contribution in [3.05, 3.63) is 75.1 Å². The predicted octanol–water partition coefficient (Wildman–Crippen LogP) is 4.86. The van der Waals surface area contributed by atoms with Crippen molar-refractivity contribution >= 4 is 28.3 Å². The number of phenols is 2. The van der Waals surface area contributed by atoms with Crippen LogP contribution in [0.4, 0.5) is 4.39 Å². The van der Waals surface area contributed by atoms with Gasteiger partial charge < -0.3 is 25.3 Å². The lowest BCUT2D eigenvalue weighted by Gasteiger charge is -2.30. The fraction of sp³-hybridized carbons (Fsp3) is 0.300. The van der Waals surface area contributed by atoms with Crippen LogP contribution >= 0.6 is 0 Å². The molecule has 3 aliphatic rings. The molecule has 0 saturated carbocycles. The Bertz CT molecular complexity index is 1730. The van der Waals surface area contributed by atoms with Gasteiger partial charge in [0.05, 0.1) is 17.2 Å². The van der Waals surface area contributed by atoms with Gasteiger partial charge in [0.2, 0.25) is 0 Å². The van der Waals surface area contributed by atoms with Gasteiger partial charge >= 0.3 is 0 Å². The summed E-state index contributed by atoms with van der Waals surface area (Å²) < 4.78 is 19.8. The van der Waals surface area contributed by atoms with E-state index in [-0.39, 0.29) is 51.4 Å². The number of allylic oxidation sites excluding steroid dienone is 4. The van der Waals surface area contributed by atoms with Gasteiger partial charge in [-0.1, -0.05) is 0 Å². The highest BCUT2D eigenvalue weighted by Gasteiger charge is 2.56. The second kappa shape index (κ2) is 8.30. The zero-order valence-electron chi connectivity index (χ0n) is 21.9. The Morgan fingerprint density at radius 2 is 1.95 bits per heavy atom. The van der Waals surface area contributed by atoms with Crippen LogP contribution in [0.2, 0.25) is 0 Å². The van der Waals surface area contributed by atoms with Crippen LogP contribution in [0.5, 0.6) is 17.2 Å². The number of aryl methyl sites for hydroxylation is 1. The van der Waals surface area contributed by atoms with Gasteiger partial charge in [0.25, 0.3) is 0 Å². The van der Waals surface area contributed by atoms with Crippen LogP contribution < -0.4 is 10.1 Å². The molecule has 3 aromatic rings. The summed E-state index contributed by atoms with van der Waals surface area (Å²) in [6.07, 6.45) is 3.56. The molecule has 0 unspecified atom stereocenters. The largest absolute Gasteiger partial charge is 0.507 e. The summed E-state index contributed by atoms with van der Waals surface area (Å²) in [4.78, 5) is 43.1. The van der Waals surface area contributed by atoms with Crippen LogP contribution in [0, 0.1) is 12.7 Å². The van der Waals surface area contributed by atoms with Crippen molar-refractivity contribution in [1.29, 1.82) is 0 Å². The van der Waals surface area contributed by atoms with E-state index in [0.717, 1.165) is 41.4 Å². The second-order valence-corrected chi connectivity index (χ2v) is 10.7. The highest BCUT2D eigenvalue weighted by Crippen LogP contribution is 2.57. The number of rotatable bonds is 3. The van der Waals surface area contributed by atoms with Gasteiger partial charge in [-0.3, -0.25) is 14.4 Å². The van der Waals surface area contributed by atoms with Crippen LogP contribution in [-0.2, 0) is 21.4 Å². The van der Waals surface area contributed by atoms with E-state index < -0.39 is 28.5 Å². The number of aromatic nitrogens is 1. The number of H-pyrrole nitrogens is 1. The summed E-state index contributed by atoms with van der Waals surface area (Å²) in [7, 11) is 0. The second-order valence-electron chi connectivity index (χ2n) is 10.7. The monoisotopic (exact) mass is 530 g/mol. The number of fused-ring (bicyclic) bond motifs is 6. The number of carbonyl (C=O) groups is 3. The number of hydrogen-bond acceptors (Lipinski definition) is 7. The highest BCUT2D eigenvalue weighted by atomic mass is 19.1. The first-order valence-corrected chi connectivity index (χ1v) is 12.8. The summed E-state index contributed by atoms with van der Waals surface area (Å²) in [6, 6.07) is 4.38. The van der Waals surface area contributed by atoms with Gasteiger partial charge in [-0.15, -0.1) is 0 Å². The number of halogens is 1. The molecule has 6 rings (SSSR count). The molecule has 2 atom stereocenters. The average Bonchev–Trinajstić information content (AvgIpc) is 3.39. The zero-order chi connectivity index (χ0) is 28.0. The number of ether oxygens (including phenoxy) is 1. The van der Waals surface area contributed by atoms with Crippen molar-refractivity contribution in [2.45, 2.75) is 58.4 Å². The molecule has 39 heavy (non-hydrogen) atoms. The van der Waals surface area contributed by atoms with Gasteiger partial charge in [-0.25, -0.2) is 4.39 Å². The molecule has 4 N–H and O–H groups in total. The van der Waals surface area contributed by atoms with E-state index in [1.54, 1.807) is 13.0 Å². The lowest BCUT2D eigenvalue weighted by atomic mass is 9.70. The molecule has 0 amide bonds. The smallest absolute Gasteiger partial charge is 0.194 e. The molecule has 2 heterocycles. The minimum Gasteiger partial charge on any atom is -0.507 e. The Morgan fingerprint density at radius 3 is 2.67 bits per heavy atom. The number of benzene rings is 2. The summed E-state index contributed by atoms with van der Waals surface area (Å²) in [6.45, 7) is 5.88. The number of Topliss-reactive ketones (excluding diaryl/α,β-unsaturated/α-hetero) is 2. The van der Waals surface area contributed by atoms with E-state index in [4.69, 9.17) is 4.74 Å². The maximum Gasteiger partial charge on any atom is 0.194 e. The molecule has 0 saturated heterocycles. The molecule has 1 aliphatic heterocycles. The number of aromatic hydroxyl groups is 2. The predicted molar refractivity (Wildman–Crippen MR) is 140 cm³/mol. The standard InChI is InChI=1S/C30H27FN2O6/c1-12-26(36)23(14(3)34)28-24(27(12)37)30(4)21(39-28)11-20(35)22(29(30)38)13(2)32-19-7-5-6-16-17-10-15(31)8-9-18(17)33-25(16)19/h8-11,19,32-33,36-37H,5-7H2,1-4H3/b22-13+/t19-,30-/m0/s1. The normalized spacial score (nSPS) is 23.1. The fourth-order valence-electron chi connectivity index (χ4n) is 6.28. The van der Waals surface area contributed by atoms with Gasteiger partial charge in [0, 0.05) is 33.9 Å². The molecule has 0 bridgehead atoms. The molecule has 8 nitrogen and oxygen atoms in total. The fourth-order valence-corrected chi connectivity index (χ4v) is 6.28. The van der Waals surface area contributed by atoms with Gasteiger partial charge in [-0.2, -0.15) is 0 Å². The molecule has 2 aliphatic carbocycles. The van der Waals surface area contributed by atoms with Gasteiger partial charge in [0.15, 0.2) is 17.3 Å². The first-order valence-electron chi connectivity index (χ1n) is 12.8. The zero-order valence-corrected chi connectivity index (χ0v) is 21.9. The first-order chi connectivity index (χ1) is 18.4. The first kappa shape index (κ1) is 24.9. The number of ketones is 3. The number of nitrogens with one attached hydrogen (secondary N) is 2. The lowest BCUT2D eigenvalue weighted by molar-refractivity contribution is -0.123. The van der Waals surface area contributed by atoms with Crippen molar-refractivity contribution in [2.24, 2.45) is 0 Å². The van der Waals surface area contributed by atoms with Gasteiger partial charge in [0.1, 0.15) is 39.8 Å². The third-order valence-corrected chi connectivity index (χ3v) is 8.32. The van der Waals surface area contributed by atoms with E-state index in [2.05, 4.69) is 10.3 Å². The minimum absolute atomic E-state index is 0.00977. The Morgan fingerprint density at radius 1 is 1.21 bits per heavy atom. The van der Waals surface area contributed by atoms with Crippen LogP contribution in [0.25, 0.3) is 10.9 Å². The lowest BCUT2D eigenvalue weighted by Crippen LogP contribution is -2.41. The number of phenolic OH excluding ortho intramolecular Hbond substituents is 2. The number of aromatic amines is 1. The Labute approximate surface area is 223 Å². The van der Waals surface area contributed by atoms with E-state index in [1.165, 1.54) is 39.0 Å². The van der Waals surface area contributed by atoms with Crippen molar-refractivity contribution in [2.75, 3.05) is 0 Å². The highest BCUT2D eigenvalue weighted by molar-refractivity contribution is 6.31. The minimum atomic E-state index is -1.58. The molecule has 0 spiro atoms. The molecule has 2 aromatic carbocycles. The van der Waals surface area contributed by atoms with Crippen LogP contribution in [0.1, 0.15) is 72.4 Å². The molecular formula is C30H27FN2O6. The molecule has 9 heteroatoms. The van der Waals surface area contributed by atoms with Crippen LogP contribution in [0.3, 0.4) is 0 Å². The maximum atomic E-state index is 14.1. The summed E-state index contributed by atoms with van der Waals surface area (Å²) in [5, 5.41) is 25.7. The van der Waals surface area contributed by atoms with Crippen LogP contribution in [0.15, 0.2) is 41.3 Å². The summed E-state index contributed by atoms with van der Waals surface area (Å²) in [5.41, 5.74) is 1.37. The molecule has 0 radical (unpaired) electrons. The van der Waals surface area contributed by atoms with E-state index in [0.29, 0.717) is 5.70 Å².